The van der Waals surface area contributed by atoms with E-state index in [0.717, 1.165) is 50.4 Å². The molecule has 1 saturated heterocycles. The first-order chi connectivity index (χ1) is 22.8. The number of nitrogens with two attached hydrogens (primary N) is 1. The second-order valence-corrected chi connectivity index (χ2v) is 13.2. The van der Waals surface area contributed by atoms with Crippen LogP contribution >= 0.6 is 0 Å². The number of carbonyl (C=O) groups is 2. The summed E-state index contributed by atoms with van der Waals surface area (Å²) in [6, 6.07) is 6.14. The number of primary sulfonamides is 1. The molecule has 1 fully saturated rings. The highest BCUT2D eigenvalue weighted by Gasteiger charge is 2.29. The van der Waals surface area contributed by atoms with Crippen LogP contribution in [0.4, 0.5) is 14.6 Å². The van der Waals surface area contributed by atoms with E-state index in [1.807, 2.05) is 13.1 Å². The largest absolute Gasteiger partial charge is 0.481 e. The number of aliphatic carboxylic acids is 2. The highest BCUT2D eigenvalue weighted by molar-refractivity contribution is 7.89. The number of anilines is 1. The summed E-state index contributed by atoms with van der Waals surface area (Å²) in [5, 5.41) is 19.9. The molecule has 48 heavy (non-hydrogen) atoms. The summed E-state index contributed by atoms with van der Waals surface area (Å²) in [5.41, 5.74) is 1.61. The molecule has 1 aliphatic heterocycles. The standard InChI is InChI=1S/C28H33F2N7O2S.C4H6O4/c1-4-24(40(31,38)39)20-6-7-22(29)28(26(20)30)37-16-21(18-14-32-17-33-15-18)27-23(37)8-9-25(34-27)35(3)19-10-12-36(5-2)13-11-19;5-3(6)1-2-4(7)8/h6-9,14-17,19,24H,4-5,10-13H2,1-3H3,(H2,31,38,39);1-2H2,(H,5,6)(H,7,8). The Bertz CT molecular complexity index is 1850. The molecule has 0 aliphatic carbocycles. The van der Waals surface area contributed by atoms with Gasteiger partial charge in [-0.15, -0.1) is 0 Å². The third-order valence-electron chi connectivity index (χ3n) is 8.42. The minimum Gasteiger partial charge on any atom is -0.481 e. The summed E-state index contributed by atoms with van der Waals surface area (Å²) < 4.78 is 57.1. The molecule has 16 heteroatoms. The van der Waals surface area contributed by atoms with Crippen molar-refractivity contribution in [3.8, 4) is 16.8 Å². The van der Waals surface area contributed by atoms with E-state index in [-0.39, 0.29) is 24.8 Å². The number of rotatable bonds is 11. The second kappa shape index (κ2) is 15.6. The smallest absolute Gasteiger partial charge is 0.303 e. The predicted octanol–water partition coefficient (Wildman–Crippen LogP) is 4.36. The van der Waals surface area contributed by atoms with Crippen LogP contribution in [-0.2, 0) is 19.6 Å². The number of carboxylic acids is 2. The molecule has 0 spiro atoms. The molecule has 0 radical (unpaired) electrons. The Morgan fingerprint density at radius 3 is 2.21 bits per heavy atom. The fourth-order valence-corrected chi connectivity index (χ4v) is 6.80. The van der Waals surface area contributed by atoms with Crippen molar-refractivity contribution < 1.29 is 37.0 Å². The van der Waals surface area contributed by atoms with Gasteiger partial charge in [-0.05, 0) is 44.0 Å². The number of pyridine rings is 1. The molecule has 1 aliphatic rings. The summed E-state index contributed by atoms with van der Waals surface area (Å²) in [5.74, 6) is -3.24. The molecule has 0 amide bonds. The van der Waals surface area contributed by atoms with E-state index in [4.69, 9.17) is 20.3 Å². The van der Waals surface area contributed by atoms with Gasteiger partial charge in [0.1, 0.15) is 28.9 Å². The number of hydrogen-bond acceptors (Lipinski definition) is 9. The van der Waals surface area contributed by atoms with Gasteiger partial charge in [0.05, 0.1) is 23.9 Å². The van der Waals surface area contributed by atoms with Crippen molar-refractivity contribution in [2.24, 2.45) is 5.14 Å². The molecule has 0 saturated carbocycles. The highest BCUT2D eigenvalue weighted by Crippen LogP contribution is 2.37. The van der Waals surface area contributed by atoms with Crippen LogP contribution in [0, 0.1) is 11.6 Å². The Morgan fingerprint density at radius 2 is 1.67 bits per heavy atom. The number of piperidine rings is 1. The molecular formula is C32H39F2N7O6S. The first-order valence-corrected chi connectivity index (χ1v) is 17.0. The van der Waals surface area contributed by atoms with E-state index >= 15 is 8.78 Å². The maximum atomic E-state index is 16.0. The summed E-state index contributed by atoms with van der Waals surface area (Å²) in [4.78, 5) is 37.1. The highest BCUT2D eigenvalue weighted by atomic mass is 32.2. The molecular weight excluding hydrogens is 648 g/mol. The van der Waals surface area contributed by atoms with Crippen molar-refractivity contribution in [2.75, 3.05) is 31.6 Å². The quantitative estimate of drug-likeness (QED) is 0.204. The molecule has 0 bridgehead atoms. The van der Waals surface area contributed by atoms with Crippen LogP contribution in [-0.4, -0.2) is 87.7 Å². The lowest BCUT2D eigenvalue weighted by atomic mass is 10.0. The maximum Gasteiger partial charge on any atom is 0.303 e. The van der Waals surface area contributed by atoms with E-state index in [1.54, 1.807) is 31.6 Å². The molecule has 5 rings (SSSR count). The second-order valence-electron chi connectivity index (χ2n) is 11.4. The number of hydrogen-bond donors (Lipinski definition) is 3. The number of carboxylic acid groups (broad SMARTS) is 2. The number of fused-ring (bicyclic) bond motifs is 1. The summed E-state index contributed by atoms with van der Waals surface area (Å²) >= 11 is 0. The zero-order chi connectivity index (χ0) is 35.2. The third kappa shape index (κ3) is 8.29. The van der Waals surface area contributed by atoms with Gasteiger partial charge in [0.2, 0.25) is 10.0 Å². The van der Waals surface area contributed by atoms with Crippen molar-refractivity contribution in [1.29, 1.82) is 0 Å². The minimum atomic E-state index is -4.12. The minimum absolute atomic E-state index is 0.0360. The third-order valence-corrected chi connectivity index (χ3v) is 9.80. The van der Waals surface area contributed by atoms with Crippen LogP contribution in [0.25, 0.3) is 27.8 Å². The van der Waals surface area contributed by atoms with Crippen molar-refractivity contribution >= 4 is 38.8 Å². The van der Waals surface area contributed by atoms with Gasteiger partial charge in [-0.2, -0.15) is 0 Å². The lowest BCUT2D eigenvalue weighted by molar-refractivity contribution is -0.143. The van der Waals surface area contributed by atoms with E-state index < -0.39 is 44.5 Å². The summed E-state index contributed by atoms with van der Waals surface area (Å²) in [7, 11) is -2.11. The molecule has 3 aromatic heterocycles. The number of aromatic nitrogens is 4. The van der Waals surface area contributed by atoms with Gasteiger partial charge in [0.25, 0.3) is 0 Å². The number of nitrogens with zero attached hydrogens (tertiary/aromatic N) is 6. The number of halogens is 2. The Hall–Kier alpha value is -4.54. The van der Waals surface area contributed by atoms with Gasteiger partial charge >= 0.3 is 11.9 Å². The zero-order valence-corrected chi connectivity index (χ0v) is 27.7. The average Bonchev–Trinajstić information content (AvgIpc) is 3.43. The van der Waals surface area contributed by atoms with Crippen LogP contribution in [0.3, 0.4) is 0 Å². The van der Waals surface area contributed by atoms with E-state index in [9.17, 15) is 18.0 Å². The lowest BCUT2D eigenvalue weighted by Gasteiger charge is -2.36. The fraction of sp³-hybridized carbons (Fsp3) is 0.406. The van der Waals surface area contributed by atoms with Gasteiger partial charge in [-0.1, -0.05) is 19.9 Å². The van der Waals surface area contributed by atoms with Crippen LogP contribution in [0.2, 0.25) is 0 Å². The van der Waals surface area contributed by atoms with Crippen molar-refractivity contribution in [3.05, 3.63) is 66.4 Å². The summed E-state index contributed by atoms with van der Waals surface area (Å²) in [6.45, 7) is 6.81. The molecule has 1 unspecified atom stereocenters. The molecule has 4 aromatic rings. The molecule has 1 aromatic carbocycles. The molecule has 1 atom stereocenters. The Balaban J connectivity index is 0.000000579. The van der Waals surface area contributed by atoms with Crippen LogP contribution < -0.4 is 10.0 Å². The molecule has 4 heterocycles. The van der Waals surface area contributed by atoms with Crippen molar-refractivity contribution in [1.82, 2.24) is 24.4 Å². The first kappa shape index (κ1) is 36.3. The van der Waals surface area contributed by atoms with Gasteiger partial charge in [0.15, 0.2) is 5.82 Å². The molecule has 258 valence electrons. The van der Waals surface area contributed by atoms with Crippen LogP contribution in [0.15, 0.2) is 49.2 Å². The van der Waals surface area contributed by atoms with E-state index in [0.29, 0.717) is 28.2 Å². The fourth-order valence-electron chi connectivity index (χ4n) is 5.80. The van der Waals surface area contributed by atoms with Crippen LogP contribution in [0.5, 0.6) is 0 Å². The normalized spacial score (nSPS) is 14.7. The van der Waals surface area contributed by atoms with Gasteiger partial charge in [-0.3, -0.25) is 9.59 Å². The first-order valence-electron chi connectivity index (χ1n) is 15.4. The predicted molar refractivity (Wildman–Crippen MR) is 176 cm³/mol. The topological polar surface area (TPSA) is 185 Å². The summed E-state index contributed by atoms with van der Waals surface area (Å²) in [6.07, 6.45) is 7.68. The lowest BCUT2D eigenvalue weighted by Crippen LogP contribution is -2.43. The van der Waals surface area contributed by atoms with E-state index in [1.165, 1.54) is 10.9 Å². The monoisotopic (exact) mass is 687 g/mol. The van der Waals surface area contributed by atoms with Gasteiger partial charge in [-0.25, -0.2) is 37.3 Å². The van der Waals surface area contributed by atoms with E-state index in [2.05, 4.69) is 26.7 Å². The van der Waals surface area contributed by atoms with Gasteiger partial charge < -0.3 is 24.6 Å². The Morgan fingerprint density at radius 1 is 1.04 bits per heavy atom. The van der Waals surface area contributed by atoms with Crippen molar-refractivity contribution in [3.63, 3.8) is 0 Å². The Labute approximate surface area is 277 Å². The maximum absolute atomic E-state index is 16.0. The Kier molecular flexibility index (Phi) is 11.8. The SMILES string of the molecule is CCC(c1ccc(F)c(-n2cc(-c3cncnc3)c3nc(N(C)C4CCN(CC)CC4)ccc32)c1F)S(N)(=O)=O.O=C(O)CCC(=O)O. The zero-order valence-electron chi connectivity index (χ0n) is 26.9. The molecule has 4 N–H and O–H groups in total. The van der Waals surface area contributed by atoms with Crippen molar-refractivity contribution in [2.45, 2.75) is 57.2 Å². The number of likely N-dealkylation sites (tertiary alicyclic amines) is 1. The van der Waals surface area contributed by atoms with Crippen LogP contribution in [0.1, 0.15) is 56.8 Å². The number of benzene rings is 1. The number of sulfonamides is 1. The van der Waals surface area contributed by atoms with Gasteiger partial charge in [0, 0.05) is 61.5 Å². The molecule has 13 nitrogen and oxygen atoms in total. The average molecular weight is 688 g/mol.